The van der Waals surface area contributed by atoms with Crippen LogP contribution in [0.4, 0.5) is 0 Å². The predicted octanol–water partition coefficient (Wildman–Crippen LogP) is 1.46. The van der Waals surface area contributed by atoms with E-state index in [2.05, 4.69) is 31.7 Å². The lowest BCUT2D eigenvalue weighted by Gasteiger charge is -2.10. The monoisotopic (exact) mass is 258 g/mol. The van der Waals surface area contributed by atoms with Gasteiger partial charge in [-0.05, 0) is 4.83 Å². The molecule has 0 unspecified atom stereocenters. The minimum Gasteiger partial charge on any atom is -0.328 e. The Bertz CT molecular complexity index is 339. The van der Waals surface area contributed by atoms with Gasteiger partial charge in [0.05, 0.1) is 6.54 Å². The molecule has 0 aliphatic carbocycles. The summed E-state index contributed by atoms with van der Waals surface area (Å²) in [6.07, 6.45) is 1.72. The van der Waals surface area contributed by atoms with Crippen molar-refractivity contribution >= 4 is 33.2 Å². The number of hydrogen-bond donors (Lipinski definition) is 0. The van der Waals surface area contributed by atoms with Gasteiger partial charge in [0.25, 0.3) is 5.91 Å². The van der Waals surface area contributed by atoms with Gasteiger partial charge in [-0.2, -0.15) is 0 Å². The number of halogens is 1. The van der Waals surface area contributed by atoms with Gasteiger partial charge in [0.2, 0.25) is 0 Å². The van der Waals surface area contributed by atoms with E-state index in [1.807, 2.05) is 5.38 Å². The minimum absolute atomic E-state index is 0.216. The number of aromatic nitrogens is 1. The highest BCUT2D eigenvalue weighted by molar-refractivity contribution is 9.12. The van der Waals surface area contributed by atoms with Crippen LogP contribution in [0, 0.1) is 10.8 Å². The van der Waals surface area contributed by atoms with Crippen LogP contribution < -0.4 is 0 Å². The van der Waals surface area contributed by atoms with Gasteiger partial charge in [-0.1, -0.05) is 0 Å². The Kier molecular flexibility index (Phi) is 3.93. The highest BCUT2D eigenvalue weighted by atomic mass is 79.9. The van der Waals surface area contributed by atoms with Crippen molar-refractivity contribution in [2.45, 2.75) is 6.54 Å². The van der Waals surface area contributed by atoms with Crippen molar-refractivity contribution in [2.75, 3.05) is 7.05 Å². The van der Waals surface area contributed by atoms with Gasteiger partial charge in [0, 0.05) is 40.5 Å². The molecule has 1 aromatic rings. The van der Waals surface area contributed by atoms with Crippen molar-refractivity contribution < 1.29 is 4.79 Å². The summed E-state index contributed by atoms with van der Waals surface area (Å²) in [4.78, 5) is 19.1. The standard InChI is InChI=1S/C8H7BrN2OS/c1-11(8(12)2-3-9)6-7-10-4-5-13-7/h4-5H,6H2,1H3. The number of carbonyl (C=O) groups is 1. The molecule has 13 heavy (non-hydrogen) atoms. The molecule has 3 nitrogen and oxygen atoms in total. The van der Waals surface area contributed by atoms with Crippen molar-refractivity contribution in [3.63, 3.8) is 0 Å². The average Bonchev–Trinajstić information content (AvgIpc) is 2.57. The molecule has 0 aliphatic rings. The second-order valence-electron chi connectivity index (χ2n) is 2.31. The third kappa shape index (κ3) is 3.17. The van der Waals surface area contributed by atoms with Crippen LogP contribution in [-0.4, -0.2) is 22.8 Å². The van der Waals surface area contributed by atoms with Crippen molar-refractivity contribution in [2.24, 2.45) is 0 Å². The smallest absolute Gasteiger partial charge is 0.299 e. The molecule has 0 aliphatic heterocycles. The molecule has 0 atom stereocenters. The molecule has 0 saturated carbocycles. The van der Waals surface area contributed by atoms with Crippen LogP contribution in [0.5, 0.6) is 0 Å². The molecule has 0 spiro atoms. The van der Waals surface area contributed by atoms with E-state index in [1.165, 1.54) is 16.2 Å². The molecular weight excluding hydrogens is 252 g/mol. The Morgan fingerprint density at radius 2 is 2.62 bits per heavy atom. The summed E-state index contributed by atoms with van der Waals surface area (Å²) in [6.45, 7) is 0.512. The van der Waals surface area contributed by atoms with Gasteiger partial charge in [-0.25, -0.2) is 4.98 Å². The molecule has 0 radical (unpaired) electrons. The molecular formula is C8H7BrN2OS. The highest BCUT2D eigenvalue weighted by Gasteiger charge is 2.06. The summed E-state index contributed by atoms with van der Waals surface area (Å²) >= 11 is 4.40. The topological polar surface area (TPSA) is 33.2 Å². The van der Waals surface area contributed by atoms with E-state index in [0.29, 0.717) is 6.54 Å². The summed E-state index contributed by atoms with van der Waals surface area (Å²) in [7, 11) is 1.70. The second-order valence-corrected chi connectivity index (χ2v) is 3.68. The fraction of sp³-hybridized carbons (Fsp3) is 0.250. The maximum Gasteiger partial charge on any atom is 0.299 e. The molecule has 1 rings (SSSR count). The quantitative estimate of drug-likeness (QED) is 0.753. The Labute approximate surface area is 88.9 Å². The van der Waals surface area contributed by atoms with E-state index < -0.39 is 0 Å². The summed E-state index contributed by atoms with van der Waals surface area (Å²) in [5, 5.41) is 2.79. The minimum atomic E-state index is -0.216. The molecule has 1 aromatic heterocycles. The number of nitrogens with zero attached hydrogens (tertiary/aromatic N) is 2. The first-order valence-electron chi connectivity index (χ1n) is 3.49. The van der Waals surface area contributed by atoms with Crippen molar-refractivity contribution in [1.29, 1.82) is 0 Å². The van der Waals surface area contributed by atoms with Crippen LogP contribution in [0.3, 0.4) is 0 Å². The van der Waals surface area contributed by atoms with Crippen LogP contribution >= 0.6 is 27.3 Å². The Morgan fingerprint density at radius 3 is 3.15 bits per heavy atom. The zero-order valence-corrected chi connectivity index (χ0v) is 9.35. The fourth-order valence-corrected chi connectivity index (χ4v) is 1.58. The van der Waals surface area contributed by atoms with E-state index in [9.17, 15) is 4.79 Å². The lowest BCUT2D eigenvalue weighted by atomic mass is 10.5. The maximum absolute atomic E-state index is 11.2. The summed E-state index contributed by atoms with van der Waals surface area (Å²) in [5.41, 5.74) is 0. The Balaban J connectivity index is 2.54. The van der Waals surface area contributed by atoms with Gasteiger partial charge in [0.1, 0.15) is 5.01 Å². The van der Waals surface area contributed by atoms with Gasteiger partial charge >= 0.3 is 0 Å². The lowest BCUT2D eigenvalue weighted by molar-refractivity contribution is -0.124. The largest absolute Gasteiger partial charge is 0.328 e. The van der Waals surface area contributed by atoms with Gasteiger partial charge < -0.3 is 4.90 Å². The maximum atomic E-state index is 11.2. The molecule has 0 N–H and O–H groups in total. The molecule has 0 aromatic carbocycles. The van der Waals surface area contributed by atoms with E-state index in [1.54, 1.807) is 13.2 Å². The number of hydrogen-bond acceptors (Lipinski definition) is 3. The molecule has 68 valence electrons. The number of carbonyl (C=O) groups excluding carboxylic acids is 1. The normalized spacial score (nSPS) is 8.77. The van der Waals surface area contributed by atoms with Crippen molar-refractivity contribution in [3.8, 4) is 10.8 Å². The fourth-order valence-electron chi connectivity index (χ4n) is 0.742. The SMILES string of the molecule is CN(Cc1nccs1)C(=O)C#CBr. The van der Waals surface area contributed by atoms with Gasteiger partial charge in [-0.3, -0.25) is 4.79 Å². The highest BCUT2D eigenvalue weighted by Crippen LogP contribution is 2.06. The number of amides is 1. The molecule has 0 bridgehead atoms. The van der Waals surface area contributed by atoms with Gasteiger partial charge in [0.15, 0.2) is 0 Å². The van der Waals surface area contributed by atoms with Crippen molar-refractivity contribution in [1.82, 2.24) is 9.88 Å². The van der Waals surface area contributed by atoms with Crippen LogP contribution in [0.2, 0.25) is 0 Å². The summed E-state index contributed by atoms with van der Waals surface area (Å²) in [6, 6.07) is 0. The van der Waals surface area contributed by atoms with E-state index in [-0.39, 0.29) is 5.91 Å². The summed E-state index contributed by atoms with van der Waals surface area (Å²) in [5.74, 6) is 2.17. The third-order valence-electron chi connectivity index (χ3n) is 1.36. The zero-order valence-electron chi connectivity index (χ0n) is 6.95. The molecule has 1 amide bonds. The van der Waals surface area contributed by atoms with Crippen LogP contribution in [0.25, 0.3) is 0 Å². The third-order valence-corrected chi connectivity index (χ3v) is 2.32. The van der Waals surface area contributed by atoms with E-state index in [4.69, 9.17) is 0 Å². The molecule has 1 heterocycles. The van der Waals surface area contributed by atoms with Gasteiger partial charge in [-0.15, -0.1) is 11.3 Å². The molecule has 5 heteroatoms. The van der Waals surface area contributed by atoms with Crippen LogP contribution in [-0.2, 0) is 11.3 Å². The van der Waals surface area contributed by atoms with Crippen LogP contribution in [0.15, 0.2) is 11.6 Å². The van der Waals surface area contributed by atoms with Crippen molar-refractivity contribution in [3.05, 3.63) is 16.6 Å². The Hall–Kier alpha value is -0.860. The lowest BCUT2D eigenvalue weighted by Crippen LogP contribution is -2.24. The van der Waals surface area contributed by atoms with E-state index in [0.717, 1.165) is 5.01 Å². The Morgan fingerprint density at radius 1 is 1.85 bits per heavy atom. The number of rotatable bonds is 2. The summed E-state index contributed by atoms with van der Waals surface area (Å²) < 4.78 is 0. The first-order valence-corrected chi connectivity index (χ1v) is 5.16. The predicted molar refractivity (Wildman–Crippen MR) is 55.3 cm³/mol. The average molecular weight is 259 g/mol. The zero-order chi connectivity index (χ0) is 9.68. The second kappa shape index (κ2) is 5.00. The van der Waals surface area contributed by atoms with E-state index >= 15 is 0 Å². The molecule has 0 fully saturated rings. The first kappa shape index (κ1) is 10.2. The number of thiazole rings is 1. The van der Waals surface area contributed by atoms with Crippen LogP contribution in [0.1, 0.15) is 5.01 Å². The molecule has 0 saturated heterocycles. The first-order chi connectivity index (χ1) is 6.24.